The van der Waals surface area contributed by atoms with Crippen molar-refractivity contribution in [3.63, 3.8) is 0 Å². The molecule has 1 aromatic rings. The van der Waals surface area contributed by atoms with E-state index >= 15 is 0 Å². The van der Waals surface area contributed by atoms with Gasteiger partial charge in [-0.3, -0.25) is 9.59 Å². The van der Waals surface area contributed by atoms with Gasteiger partial charge in [-0.05, 0) is 38.2 Å². The summed E-state index contributed by atoms with van der Waals surface area (Å²) in [7, 11) is 0. The SMILES string of the molecule is O=C(N[C@H]1CC[C@@H](C(=O)O)C1)c1cc(Cl)cn1C1CC1. The molecule has 2 saturated carbocycles. The highest BCUT2D eigenvalue weighted by molar-refractivity contribution is 6.31. The molecule has 0 saturated heterocycles. The highest BCUT2D eigenvalue weighted by atomic mass is 35.5. The zero-order chi connectivity index (χ0) is 14.3. The second-order valence-electron chi connectivity index (χ2n) is 5.70. The Morgan fingerprint density at radius 2 is 2.05 bits per heavy atom. The van der Waals surface area contributed by atoms with Crippen LogP contribution in [-0.2, 0) is 4.79 Å². The zero-order valence-corrected chi connectivity index (χ0v) is 11.8. The first-order valence-electron chi connectivity index (χ1n) is 6.95. The zero-order valence-electron chi connectivity index (χ0n) is 11.0. The lowest BCUT2D eigenvalue weighted by atomic mass is 10.1. The molecule has 1 amide bonds. The van der Waals surface area contributed by atoms with Crippen LogP contribution >= 0.6 is 11.6 Å². The number of hydrogen-bond donors (Lipinski definition) is 2. The molecule has 20 heavy (non-hydrogen) atoms. The highest BCUT2D eigenvalue weighted by Gasteiger charge is 2.32. The summed E-state index contributed by atoms with van der Waals surface area (Å²) in [5, 5.41) is 12.5. The predicted octanol–water partition coefficient (Wildman–Crippen LogP) is 2.46. The van der Waals surface area contributed by atoms with Gasteiger partial charge >= 0.3 is 5.97 Å². The van der Waals surface area contributed by atoms with Gasteiger partial charge in [0.2, 0.25) is 0 Å². The molecule has 0 aromatic carbocycles. The Labute approximate surface area is 121 Å². The highest BCUT2D eigenvalue weighted by Crippen LogP contribution is 2.37. The number of nitrogens with one attached hydrogen (secondary N) is 1. The molecule has 5 nitrogen and oxygen atoms in total. The molecule has 0 unspecified atom stereocenters. The Morgan fingerprint density at radius 3 is 2.65 bits per heavy atom. The Balaban J connectivity index is 1.66. The lowest BCUT2D eigenvalue weighted by molar-refractivity contribution is -0.141. The summed E-state index contributed by atoms with van der Waals surface area (Å²) in [6, 6.07) is 2.02. The molecule has 2 N–H and O–H groups in total. The molecule has 0 aliphatic heterocycles. The molecule has 2 aliphatic rings. The lowest BCUT2D eigenvalue weighted by Gasteiger charge is -2.13. The first-order valence-corrected chi connectivity index (χ1v) is 7.33. The van der Waals surface area contributed by atoms with E-state index in [4.69, 9.17) is 16.7 Å². The fourth-order valence-electron chi connectivity index (χ4n) is 2.88. The van der Waals surface area contributed by atoms with E-state index in [9.17, 15) is 9.59 Å². The van der Waals surface area contributed by atoms with E-state index in [0.29, 0.717) is 29.6 Å². The van der Waals surface area contributed by atoms with Crippen molar-refractivity contribution in [2.75, 3.05) is 0 Å². The van der Waals surface area contributed by atoms with Gasteiger partial charge < -0.3 is 15.0 Å². The number of carbonyl (C=O) groups is 2. The van der Waals surface area contributed by atoms with E-state index in [1.165, 1.54) is 0 Å². The van der Waals surface area contributed by atoms with Crippen LogP contribution in [0.1, 0.15) is 48.6 Å². The molecule has 1 heterocycles. The van der Waals surface area contributed by atoms with Crippen LogP contribution in [0.3, 0.4) is 0 Å². The molecular formula is C14H17ClN2O3. The Kier molecular flexibility index (Phi) is 3.46. The summed E-state index contributed by atoms with van der Waals surface area (Å²) in [6.07, 6.45) is 5.82. The number of carboxylic acids is 1. The number of halogens is 1. The minimum Gasteiger partial charge on any atom is -0.481 e. The minimum atomic E-state index is -0.772. The van der Waals surface area contributed by atoms with Gasteiger partial charge in [0, 0.05) is 18.3 Å². The molecule has 6 heteroatoms. The fraction of sp³-hybridized carbons (Fsp3) is 0.571. The smallest absolute Gasteiger partial charge is 0.306 e. The van der Waals surface area contributed by atoms with Crippen molar-refractivity contribution >= 4 is 23.5 Å². The normalized spacial score (nSPS) is 25.6. The van der Waals surface area contributed by atoms with Gasteiger partial charge in [-0.15, -0.1) is 0 Å². The summed E-state index contributed by atoms with van der Waals surface area (Å²) in [4.78, 5) is 23.2. The van der Waals surface area contributed by atoms with Crippen molar-refractivity contribution in [3.8, 4) is 0 Å². The Morgan fingerprint density at radius 1 is 1.30 bits per heavy atom. The second-order valence-corrected chi connectivity index (χ2v) is 6.14. The largest absolute Gasteiger partial charge is 0.481 e. The van der Waals surface area contributed by atoms with Crippen molar-refractivity contribution in [2.45, 2.75) is 44.2 Å². The van der Waals surface area contributed by atoms with Crippen molar-refractivity contribution in [3.05, 3.63) is 23.0 Å². The van der Waals surface area contributed by atoms with Crippen molar-refractivity contribution < 1.29 is 14.7 Å². The quantitative estimate of drug-likeness (QED) is 0.896. The van der Waals surface area contributed by atoms with Crippen LogP contribution in [0.4, 0.5) is 0 Å². The Hall–Kier alpha value is -1.49. The Bertz CT molecular complexity index is 551. The standard InChI is InChI=1S/C14H17ClN2O3/c15-9-6-12(17(7-9)11-3-4-11)13(18)16-10-2-1-8(5-10)14(19)20/h6-8,10-11H,1-5H2,(H,16,18)(H,19,20)/t8-,10+/m1/s1. The number of rotatable bonds is 4. The van der Waals surface area contributed by atoms with Crippen LogP contribution in [0.15, 0.2) is 12.3 Å². The molecule has 0 radical (unpaired) electrons. The van der Waals surface area contributed by atoms with Crippen LogP contribution in [-0.4, -0.2) is 27.6 Å². The predicted molar refractivity (Wildman–Crippen MR) is 73.9 cm³/mol. The summed E-state index contributed by atoms with van der Waals surface area (Å²) in [5.74, 6) is -1.26. The number of amides is 1. The fourth-order valence-corrected chi connectivity index (χ4v) is 3.09. The first-order chi connectivity index (χ1) is 9.54. The van der Waals surface area contributed by atoms with Crippen molar-refractivity contribution in [1.29, 1.82) is 0 Å². The number of carboxylic acid groups (broad SMARTS) is 1. The summed E-state index contributed by atoms with van der Waals surface area (Å²) in [5.41, 5.74) is 0.580. The van der Waals surface area contributed by atoms with Gasteiger partial charge in [-0.2, -0.15) is 0 Å². The number of aromatic nitrogens is 1. The molecule has 108 valence electrons. The van der Waals surface area contributed by atoms with E-state index < -0.39 is 5.97 Å². The number of nitrogens with zero attached hydrogens (tertiary/aromatic N) is 1. The van der Waals surface area contributed by atoms with Crippen LogP contribution < -0.4 is 5.32 Å². The maximum absolute atomic E-state index is 12.3. The summed E-state index contributed by atoms with van der Waals surface area (Å²) < 4.78 is 1.93. The molecule has 1 aromatic heterocycles. The minimum absolute atomic E-state index is 0.0510. The third-order valence-corrected chi connectivity index (χ3v) is 4.31. The third-order valence-electron chi connectivity index (χ3n) is 4.11. The van der Waals surface area contributed by atoms with Crippen molar-refractivity contribution in [1.82, 2.24) is 9.88 Å². The van der Waals surface area contributed by atoms with Crippen molar-refractivity contribution in [2.24, 2.45) is 5.92 Å². The molecule has 0 bridgehead atoms. The van der Waals surface area contributed by atoms with Gasteiger partial charge in [0.05, 0.1) is 10.9 Å². The molecular weight excluding hydrogens is 280 g/mol. The van der Waals surface area contributed by atoms with E-state index in [0.717, 1.165) is 19.3 Å². The molecule has 3 rings (SSSR count). The monoisotopic (exact) mass is 296 g/mol. The average Bonchev–Trinajstić information content (AvgIpc) is 3.00. The molecule has 2 atom stereocenters. The van der Waals surface area contributed by atoms with Gasteiger partial charge in [-0.25, -0.2) is 0 Å². The molecule has 2 aliphatic carbocycles. The topological polar surface area (TPSA) is 71.3 Å². The van der Waals surface area contributed by atoms with Crippen LogP contribution in [0.25, 0.3) is 0 Å². The summed E-state index contributed by atoms with van der Waals surface area (Å²) in [6.45, 7) is 0. The van der Waals surface area contributed by atoms with Gasteiger partial charge in [0.25, 0.3) is 5.91 Å². The molecule has 0 spiro atoms. The van der Waals surface area contributed by atoms with E-state index in [1.54, 1.807) is 12.3 Å². The maximum atomic E-state index is 12.3. The maximum Gasteiger partial charge on any atom is 0.306 e. The number of aliphatic carboxylic acids is 1. The van der Waals surface area contributed by atoms with E-state index in [2.05, 4.69) is 5.32 Å². The van der Waals surface area contributed by atoms with Crippen LogP contribution in [0.5, 0.6) is 0 Å². The summed E-state index contributed by atoms with van der Waals surface area (Å²) >= 11 is 5.98. The third kappa shape index (κ3) is 2.68. The molecule has 2 fully saturated rings. The first kappa shape index (κ1) is 13.5. The number of hydrogen-bond acceptors (Lipinski definition) is 2. The van der Waals surface area contributed by atoms with Crippen LogP contribution in [0.2, 0.25) is 5.02 Å². The van der Waals surface area contributed by atoms with E-state index in [1.807, 2.05) is 4.57 Å². The van der Waals surface area contributed by atoms with Gasteiger partial charge in [0.15, 0.2) is 0 Å². The van der Waals surface area contributed by atoms with Gasteiger partial charge in [-0.1, -0.05) is 11.6 Å². The van der Waals surface area contributed by atoms with E-state index in [-0.39, 0.29) is 17.9 Å². The van der Waals surface area contributed by atoms with Gasteiger partial charge in [0.1, 0.15) is 5.69 Å². The lowest BCUT2D eigenvalue weighted by Crippen LogP contribution is -2.34. The number of carbonyl (C=O) groups excluding carboxylic acids is 1. The van der Waals surface area contributed by atoms with Crippen LogP contribution in [0, 0.1) is 5.92 Å². The second kappa shape index (κ2) is 5.13. The average molecular weight is 297 g/mol.